The van der Waals surface area contributed by atoms with Gasteiger partial charge in [-0.25, -0.2) is 0 Å². The minimum atomic E-state index is -0.699. The van der Waals surface area contributed by atoms with Crippen LogP contribution in [-0.2, 0) is 4.74 Å². The van der Waals surface area contributed by atoms with Crippen molar-refractivity contribution >= 4 is 17.3 Å². The maximum absolute atomic E-state index is 12.4. The number of anilines is 1. The summed E-state index contributed by atoms with van der Waals surface area (Å²) in [6.45, 7) is 1.67. The normalized spacial score (nSPS) is 14.2. The number of carbonyl (C=O) groups excluding carboxylic acids is 2. The van der Waals surface area contributed by atoms with Gasteiger partial charge in [-0.15, -0.1) is 0 Å². The van der Waals surface area contributed by atoms with E-state index in [1.54, 1.807) is 6.92 Å². The Morgan fingerprint density at radius 1 is 1.00 bits per heavy atom. The molecule has 0 heterocycles. The van der Waals surface area contributed by atoms with E-state index in [0.717, 1.165) is 0 Å². The third kappa shape index (κ3) is 1.81. The van der Waals surface area contributed by atoms with Crippen LogP contribution in [0.2, 0.25) is 0 Å². The molecule has 112 valence electrons. The van der Waals surface area contributed by atoms with Crippen LogP contribution < -0.4 is 10.5 Å². The lowest BCUT2D eigenvalue weighted by Gasteiger charge is -2.23. The molecule has 0 atom stereocenters. The minimum absolute atomic E-state index is 0.120. The first-order chi connectivity index (χ1) is 9.90. The average Bonchev–Trinajstić information content (AvgIpc) is 2.46. The van der Waals surface area contributed by atoms with E-state index in [1.807, 2.05) is 0 Å². The molecule has 1 aliphatic carbocycles. The van der Waals surface area contributed by atoms with E-state index in [4.69, 9.17) is 15.2 Å². The van der Waals surface area contributed by atoms with Crippen molar-refractivity contribution in [3.63, 3.8) is 0 Å². The Kier molecular flexibility index (Phi) is 3.51. The summed E-state index contributed by atoms with van der Waals surface area (Å²) in [7, 11) is 2.48. The van der Waals surface area contributed by atoms with Gasteiger partial charge in [0.15, 0.2) is 28.8 Å². The van der Waals surface area contributed by atoms with Crippen molar-refractivity contribution in [3.8, 4) is 17.2 Å². The first kappa shape index (κ1) is 14.7. The van der Waals surface area contributed by atoms with Crippen LogP contribution in [0.5, 0.6) is 17.2 Å². The fourth-order valence-corrected chi connectivity index (χ4v) is 2.41. The van der Waals surface area contributed by atoms with Gasteiger partial charge >= 0.3 is 0 Å². The smallest absolute Gasteiger partial charge is 0.232 e. The number of aromatic hydroxyl groups is 2. The summed E-state index contributed by atoms with van der Waals surface area (Å²) in [5, 5.41) is 20.2. The molecule has 0 spiro atoms. The lowest BCUT2D eigenvalue weighted by Crippen LogP contribution is -2.24. The van der Waals surface area contributed by atoms with Gasteiger partial charge in [0, 0.05) is 5.57 Å². The maximum atomic E-state index is 12.4. The number of ketones is 2. The number of nitrogen functional groups attached to an aromatic ring is 1. The Balaban J connectivity index is 2.90. The topological polar surface area (TPSA) is 119 Å². The first-order valence-electron chi connectivity index (χ1n) is 6.18. The molecule has 0 amide bonds. The summed E-state index contributed by atoms with van der Waals surface area (Å²) in [6, 6.07) is 0. The number of phenolic OH excluding ortho intramolecular Hbond substituents is 2. The van der Waals surface area contributed by atoms with Crippen molar-refractivity contribution < 1.29 is 29.3 Å². The largest absolute Gasteiger partial charge is 0.505 e. The van der Waals surface area contributed by atoms with Gasteiger partial charge in [0.25, 0.3) is 0 Å². The van der Waals surface area contributed by atoms with E-state index in [9.17, 15) is 19.8 Å². The van der Waals surface area contributed by atoms with Gasteiger partial charge in [-0.05, 0) is 6.42 Å². The Labute approximate surface area is 120 Å². The van der Waals surface area contributed by atoms with E-state index >= 15 is 0 Å². The van der Waals surface area contributed by atoms with E-state index in [0.29, 0.717) is 0 Å². The van der Waals surface area contributed by atoms with Crippen LogP contribution in [0.25, 0.3) is 0 Å². The van der Waals surface area contributed by atoms with Crippen LogP contribution in [0, 0.1) is 0 Å². The average molecular weight is 293 g/mol. The van der Waals surface area contributed by atoms with Gasteiger partial charge in [0.2, 0.25) is 5.78 Å². The zero-order valence-electron chi connectivity index (χ0n) is 11.8. The molecule has 0 saturated carbocycles. The fourth-order valence-electron chi connectivity index (χ4n) is 2.41. The lowest BCUT2D eigenvalue weighted by atomic mass is 9.85. The van der Waals surface area contributed by atoms with Crippen LogP contribution in [0.15, 0.2) is 11.3 Å². The molecule has 1 aliphatic rings. The van der Waals surface area contributed by atoms with E-state index in [1.165, 1.54) is 14.2 Å². The summed E-state index contributed by atoms with van der Waals surface area (Å²) in [4.78, 5) is 24.8. The predicted octanol–water partition coefficient (Wildman–Crippen LogP) is 1.38. The standard InChI is InChI=1S/C14H15NO6/c1-4-5-9(16)6-7(11(18)13(5)20-2)12(19)14(21-3)8(15)10(6)17/h17,19H,4,15H2,1-3H3. The van der Waals surface area contributed by atoms with E-state index < -0.39 is 23.1 Å². The highest BCUT2D eigenvalue weighted by molar-refractivity contribution is 6.29. The first-order valence-corrected chi connectivity index (χ1v) is 6.18. The van der Waals surface area contributed by atoms with Gasteiger partial charge in [-0.1, -0.05) is 6.92 Å². The number of methoxy groups -OCH3 is 2. The van der Waals surface area contributed by atoms with Crippen molar-refractivity contribution in [1.82, 2.24) is 0 Å². The molecule has 1 aromatic rings. The van der Waals surface area contributed by atoms with Crippen LogP contribution in [-0.4, -0.2) is 36.0 Å². The molecule has 21 heavy (non-hydrogen) atoms. The second kappa shape index (κ2) is 5.01. The number of ether oxygens (including phenoxy) is 2. The number of carbonyl (C=O) groups is 2. The SMILES string of the molecule is CCC1=C(OC)C(=O)c2c(O)c(OC)c(N)c(O)c2C1=O. The van der Waals surface area contributed by atoms with Gasteiger partial charge in [0.05, 0.1) is 25.3 Å². The van der Waals surface area contributed by atoms with Crippen molar-refractivity contribution in [3.05, 3.63) is 22.5 Å². The third-order valence-electron chi connectivity index (χ3n) is 3.41. The van der Waals surface area contributed by atoms with Crippen LogP contribution in [0.4, 0.5) is 5.69 Å². The van der Waals surface area contributed by atoms with Gasteiger partial charge < -0.3 is 25.4 Å². The minimum Gasteiger partial charge on any atom is -0.505 e. The van der Waals surface area contributed by atoms with Crippen molar-refractivity contribution in [2.24, 2.45) is 0 Å². The summed E-state index contributed by atoms with van der Waals surface area (Å²) in [5.41, 5.74) is 4.76. The quantitative estimate of drug-likeness (QED) is 0.437. The molecule has 0 unspecified atom stereocenters. The summed E-state index contributed by atoms with van der Waals surface area (Å²) >= 11 is 0. The number of allylic oxidation sites excluding steroid dienone is 2. The summed E-state index contributed by atoms with van der Waals surface area (Å²) < 4.78 is 9.85. The second-order valence-corrected chi connectivity index (χ2v) is 4.42. The Morgan fingerprint density at radius 3 is 2.05 bits per heavy atom. The zero-order valence-corrected chi connectivity index (χ0v) is 11.8. The molecule has 7 heteroatoms. The van der Waals surface area contributed by atoms with E-state index in [2.05, 4.69) is 0 Å². The molecule has 0 saturated heterocycles. The number of nitrogens with two attached hydrogens (primary N) is 1. The molecule has 4 N–H and O–H groups in total. The Hall–Kier alpha value is -2.70. The molecule has 0 radical (unpaired) electrons. The number of benzene rings is 1. The lowest BCUT2D eigenvalue weighted by molar-refractivity contribution is 0.0898. The summed E-state index contributed by atoms with van der Waals surface area (Å²) in [6.07, 6.45) is 0.235. The molecule has 7 nitrogen and oxygen atoms in total. The van der Waals surface area contributed by atoms with Crippen LogP contribution >= 0.6 is 0 Å². The molecule has 0 aromatic heterocycles. The molecule has 0 aliphatic heterocycles. The highest BCUT2D eigenvalue weighted by atomic mass is 16.5. The molecule has 0 fully saturated rings. The third-order valence-corrected chi connectivity index (χ3v) is 3.41. The number of phenols is 2. The second-order valence-electron chi connectivity index (χ2n) is 4.42. The zero-order chi connectivity index (χ0) is 15.9. The molecule has 1 aromatic carbocycles. The molecule has 2 rings (SSSR count). The van der Waals surface area contributed by atoms with E-state index in [-0.39, 0.29) is 40.3 Å². The number of fused-ring (bicyclic) bond motifs is 1. The van der Waals surface area contributed by atoms with Crippen molar-refractivity contribution in [2.45, 2.75) is 13.3 Å². The van der Waals surface area contributed by atoms with Crippen molar-refractivity contribution in [1.29, 1.82) is 0 Å². The maximum Gasteiger partial charge on any atom is 0.232 e. The van der Waals surface area contributed by atoms with Gasteiger partial charge in [-0.3, -0.25) is 9.59 Å². The van der Waals surface area contributed by atoms with Gasteiger partial charge in [-0.2, -0.15) is 0 Å². The number of hydrogen-bond donors (Lipinski definition) is 3. The van der Waals surface area contributed by atoms with Crippen LogP contribution in [0.1, 0.15) is 34.1 Å². The summed E-state index contributed by atoms with van der Waals surface area (Å²) in [5.74, 6) is -2.90. The fraction of sp³-hybridized carbons (Fsp3) is 0.286. The Morgan fingerprint density at radius 2 is 1.57 bits per heavy atom. The van der Waals surface area contributed by atoms with Crippen LogP contribution in [0.3, 0.4) is 0 Å². The predicted molar refractivity (Wildman–Crippen MR) is 73.7 cm³/mol. The highest BCUT2D eigenvalue weighted by Crippen LogP contribution is 2.48. The molecular formula is C14H15NO6. The van der Waals surface area contributed by atoms with Crippen molar-refractivity contribution in [2.75, 3.05) is 20.0 Å². The highest BCUT2D eigenvalue weighted by Gasteiger charge is 2.39. The monoisotopic (exact) mass is 293 g/mol. The number of hydrogen-bond acceptors (Lipinski definition) is 7. The van der Waals surface area contributed by atoms with Gasteiger partial charge in [0.1, 0.15) is 5.69 Å². The number of rotatable bonds is 3. The molecular weight excluding hydrogens is 278 g/mol. The number of Topliss-reactive ketones (excluding diaryl/α,β-unsaturated/α-hetero) is 2. The molecule has 0 bridgehead atoms. The Bertz CT molecular complexity index is 689.